The number of alkyl halides is 3. The van der Waals surface area contributed by atoms with E-state index in [2.05, 4.69) is 0 Å². The van der Waals surface area contributed by atoms with E-state index in [1.165, 1.54) is 12.1 Å². The van der Waals surface area contributed by atoms with Crippen molar-refractivity contribution in [2.45, 2.75) is 24.9 Å². The van der Waals surface area contributed by atoms with Gasteiger partial charge >= 0.3 is 6.18 Å². The number of halogens is 3. The molecule has 1 saturated heterocycles. The van der Waals surface area contributed by atoms with E-state index >= 15 is 0 Å². The highest BCUT2D eigenvalue weighted by molar-refractivity contribution is 5.46. The zero-order chi connectivity index (χ0) is 15.6. The Balaban J connectivity index is 2.17. The second-order valence-corrected chi connectivity index (χ2v) is 5.16. The van der Waals surface area contributed by atoms with Crippen molar-refractivity contribution in [1.82, 2.24) is 4.90 Å². The average Bonchev–Trinajstić information content (AvgIpc) is 2.81. The first-order valence-electron chi connectivity index (χ1n) is 6.58. The fourth-order valence-corrected chi connectivity index (χ4v) is 2.64. The van der Waals surface area contributed by atoms with E-state index in [-0.39, 0.29) is 30.0 Å². The quantitative estimate of drug-likeness (QED) is 0.866. The number of nitrogens with two attached hydrogens (primary N) is 1. The van der Waals surface area contributed by atoms with Crippen LogP contribution in [0.4, 0.5) is 18.9 Å². The van der Waals surface area contributed by atoms with E-state index in [0.717, 1.165) is 6.07 Å². The number of anilines is 1. The summed E-state index contributed by atoms with van der Waals surface area (Å²) in [6, 6.07) is 3.90. The zero-order valence-electron chi connectivity index (χ0n) is 12.0. The molecule has 0 amide bonds. The molecule has 2 unspecified atom stereocenters. The van der Waals surface area contributed by atoms with Crippen LogP contribution >= 0.6 is 0 Å². The number of ether oxygens (including phenoxy) is 2. The summed E-state index contributed by atoms with van der Waals surface area (Å²) in [6.07, 6.45) is -4.66. The van der Waals surface area contributed by atoms with Crippen LogP contribution in [0.15, 0.2) is 18.2 Å². The summed E-state index contributed by atoms with van der Waals surface area (Å²) >= 11 is 0. The first-order valence-corrected chi connectivity index (χ1v) is 6.58. The molecule has 1 aliphatic rings. The predicted octanol–water partition coefficient (Wildman–Crippen LogP) is 2.13. The third-order valence-electron chi connectivity index (χ3n) is 3.73. The van der Waals surface area contributed by atoms with Gasteiger partial charge in [-0.3, -0.25) is 4.90 Å². The Bertz CT molecular complexity index is 482. The molecule has 2 N–H and O–H groups in total. The third kappa shape index (κ3) is 3.66. The van der Waals surface area contributed by atoms with E-state index in [1.807, 2.05) is 4.90 Å². The largest absolute Gasteiger partial charge is 0.416 e. The SMILES string of the molecule is COC1CN(Cc2ccc(N)cc2C(F)(F)F)CC1OC. The van der Waals surface area contributed by atoms with Gasteiger partial charge in [0.25, 0.3) is 0 Å². The number of nitrogens with zero attached hydrogens (tertiary/aromatic N) is 1. The smallest absolute Gasteiger partial charge is 0.399 e. The van der Waals surface area contributed by atoms with Gasteiger partial charge in [-0.05, 0) is 17.7 Å². The molecule has 1 aromatic rings. The number of likely N-dealkylation sites (tertiary alicyclic amines) is 1. The maximum atomic E-state index is 13.1. The van der Waals surface area contributed by atoms with E-state index < -0.39 is 11.7 Å². The highest BCUT2D eigenvalue weighted by Crippen LogP contribution is 2.34. The molecule has 0 aliphatic carbocycles. The molecule has 7 heteroatoms. The van der Waals surface area contributed by atoms with Gasteiger partial charge in [0.15, 0.2) is 0 Å². The van der Waals surface area contributed by atoms with Gasteiger partial charge in [-0.2, -0.15) is 13.2 Å². The van der Waals surface area contributed by atoms with Crippen molar-refractivity contribution in [3.63, 3.8) is 0 Å². The second kappa shape index (κ2) is 6.21. The molecular weight excluding hydrogens is 285 g/mol. The first kappa shape index (κ1) is 16.1. The average molecular weight is 304 g/mol. The molecule has 0 aromatic heterocycles. The lowest BCUT2D eigenvalue weighted by Crippen LogP contribution is -2.27. The molecule has 1 heterocycles. The predicted molar refractivity (Wildman–Crippen MR) is 72.7 cm³/mol. The Labute approximate surface area is 121 Å². The van der Waals surface area contributed by atoms with Crippen molar-refractivity contribution >= 4 is 5.69 Å². The van der Waals surface area contributed by atoms with Crippen LogP contribution in [0.5, 0.6) is 0 Å². The van der Waals surface area contributed by atoms with Crippen molar-refractivity contribution in [3.05, 3.63) is 29.3 Å². The van der Waals surface area contributed by atoms with Crippen LogP contribution in [0, 0.1) is 0 Å². The Morgan fingerprint density at radius 3 is 2.24 bits per heavy atom. The summed E-state index contributed by atoms with van der Waals surface area (Å²) in [5, 5.41) is 0. The molecule has 0 bridgehead atoms. The van der Waals surface area contributed by atoms with Gasteiger partial charge in [-0.1, -0.05) is 6.07 Å². The Morgan fingerprint density at radius 2 is 1.76 bits per heavy atom. The van der Waals surface area contributed by atoms with Crippen LogP contribution in [-0.4, -0.2) is 44.4 Å². The summed E-state index contributed by atoms with van der Waals surface area (Å²) in [5.41, 5.74) is 5.10. The summed E-state index contributed by atoms with van der Waals surface area (Å²) in [6.45, 7) is 1.27. The highest BCUT2D eigenvalue weighted by Gasteiger charge is 2.36. The number of methoxy groups -OCH3 is 2. The summed E-state index contributed by atoms with van der Waals surface area (Å²) in [7, 11) is 3.15. The topological polar surface area (TPSA) is 47.7 Å². The number of hydrogen-bond donors (Lipinski definition) is 1. The highest BCUT2D eigenvalue weighted by atomic mass is 19.4. The fourth-order valence-electron chi connectivity index (χ4n) is 2.64. The van der Waals surface area contributed by atoms with Gasteiger partial charge in [0.2, 0.25) is 0 Å². The van der Waals surface area contributed by atoms with Crippen LogP contribution in [0.1, 0.15) is 11.1 Å². The van der Waals surface area contributed by atoms with Crippen LogP contribution in [-0.2, 0) is 22.2 Å². The molecular formula is C14H19F3N2O2. The van der Waals surface area contributed by atoms with Crippen molar-refractivity contribution in [2.24, 2.45) is 0 Å². The molecule has 1 fully saturated rings. The molecule has 0 saturated carbocycles. The van der Waals surface area contributed by atoms with Gasteiger partial charge in [0.1, 0.15) is 0 Å². The number of rotatable bonds is 4. The minimum absolute atomic E-state index is 0.108. The van der Waals surface area contributed by atoms with E-state index in [9.17, 15) is 13.2 Å². The van der Waals surface area contributed by atoms with E-state index in [0.29, 0.717) is 13.1 Å². The van der Waals surface area contributed by atoms with Crippen molar-refractivity contribution < 1.29 is 22.6 Å². The van der Waals surface area contributed by atoms with Crippen LogP contribution in [0.25, 0.3) is 0 Å². The Hall–Kier alpha value is -1.31. The Morgan fingerprint density at radius 1 is 1.19 bits per heavy atom. The molecule has 2 atom stereocenters. The van der Waals surface area contributed by atoms with E-state index in [1.54, 1.807) is 14.2 Å². The number of nitrogen functional groups attached to an aromatic ring is 1. The Kier molecular flexibility index (Phi) is 4.75. The monoisotopic (exact) mass is 304 g/mol. The molecule has 1 aromatic carbocycles. The van der Waals surface area contributed by atoms with E-state index in [4.69, 9.17) is 15.2 Å². The summed E-state index contributed by atoms with van der Waals surface area (Å²) < 4.78 is 49.8. The van der Waals surface area contributed by atoms with Crippen LogP contribution in [0.3, 0.4) is 0 Å². The lowest BCUT2D eigenvalue weighted by atomic mass is 10.1. The minimum atomic E-state index is -4.41. The standard InChI is InChI=1S/C14H19F3N2O2/c1-20-12-7-19(8-13(12)21-2)6-9-3-4-10(18)5-11(9)14(15,16)17/h3-5,12-13H,6-8,18H2,1-2H3. The minimum Gasteiger partial charge on any atom is -0.399 e. The maximum absolute atomic E-state index is 13.1. The second-order valence-electron chi connectivity index (χ2n) is 5.16. The normalized spacial score (nSPS) is 23.7. The van der Waals surface area contributed by atoms with Gasteiger partial charge in [0.05, 0.1) is 17.8 Å². The zero-order valence-corrected chi connectivity index (χ0v) is 12.0. The molecule has 2 rings (SSSR count). The lowest BCUT2D eigenvalue weighted by molar-refractivity contribution is -0.138. The molecule has 118 valence electrons. The third-order valence-corrected chi connectivity index (χ3v) is 3.73. The van der Waals surface area contributed by atoms with Crippen LogP contribution < -0.4 is 5.73 Å². The molecule has 1 aliphatic heterocycles. The summed E-state index contributed by atoms with van der Waals surface area (Å²) in [5.74, 6) is 0. The summed E-state index contributed by atoms with van der Waals surface area (Å²) in [4.78, 5) is 1.89. The van der Waals surface area contributed by atoms with Gasteiger partial charge < -0.3 is 15.2 Å². The lowest BCUT2D eigenvalue weighted by Gasteiger charge is -2.19. The van der Waals surface area contributed by atoms with Crippen molar-refractivity contribution in [1.29, 1.82) is 0 Å². The van der Waals surface area contributed by atoms with Gasteiger partial charge in [0, 0.05) is 39.5 Å². The van der Waals surface area contributed by atoms with Crippen molar-refractivity contribution in [2.75, 3.05) is 33.0 Å². The van der Waals surface area contributed by atoms with Crippen LogP contribution in [0.2, 0.25) is 0 Å². The van der Waals surface area contributed by atoms with Gasteiger partial charge in [-0.25, -0.2) is 0 Å². The van der Waals surface area contributed by atoms with Crippen molar-refractivity contribution in [3.8, 4) is 0 Å². The molecule has 21 heavy (non-hydrogen) atoms. The number of hydrogen-bond acceptors (Lipinski definition) is 4. The molecule has 0 spiro atoms. The molecule has 0 radical (unpaired) electrons. The maximum Gasteiger partial charge on any atom is 0.416 e. The van der Waals surface area contributed by atoms with Gasteiger partial charge in [-0.15, -0.1) is 0 Å². The molecule has 4 nitrogen and oxygen atoms in total. The number of benzene rings is 1. The fraction of sp³-hybridized carbons (Fsp3) is 0.571. The first-order chi connectivity index (χ1) is 9.85.